The van der Waals surface area contributed by atoms with Crippen molar-refractivity contribution >= 4 is 27.8 Å². The van der Waals surface area contributed by atoms with E-state index in [2.05, 4.69) is 0 Å². The number of hydrogen-bond donors (Lipinski definition) is 0. The summed E-state index contributed by atoms with van der Waals surface area (Å²) in [5.41, 5.74) is 1.98. The molecule has 1 fully saturated rings. The highest BCUT2D eigenvalue weighted by Gasteiger charge is 2.32. The van der Waals surface area contributed by atoms with Gasteiger partial charge in [0.2, 0.25) is 0 Å². The molecule has 1 aliphatic heterocycles. The lowest BCUT2D eigenvalue weighted by atomic mass is 10.1. The molecule has 0 bridgehead atoms. The van der Waals surface area contributed by atoms with Crippen molar-refractivity contribution in [2.75, 3.05) is 25.2 Å². The maximum atomic E-state index is 12.0. The highest BCUT2D eigenvalue weighted by molar-refractivity contribution is 7.91. The summed E-state index contributed by atoms with van der Waals surface area (Å²) >= 11 is 0. The molecule has 6 nitrogen and oxygen atoms in total. The van der Waals surface area contributed by atoms with Crippen LogP contribution in [0.5, 0.6) is 0 Å². The summed E-state index contributed by atoms with van der Waals surface area (Å²) in [7, 11) is -1.53. The van der Waals surface area contributed by atoms with Gasteiger partial charge in [0, 0.05) is 19.2 Å². The number of benzene rings is 1. The summed E-state index contributed by atoms with van der Waals surface area (Å²) < 4.78 is 27.8. The van der Waals surface area contributed by atoms with Crippen molar-refractivity contribution in [3.63, 3.8) is 0 Å². The number of carbonyl (C=O) groups excluding carboxylic acids is 2. The molecule has 1 amide bonds. The second kappa shape index (κ2) is 7.61. The molecule has 7 heteroatoms. The smallest absolute Gasteiger partial charge is 0.331 e. The van der Waals surface area contributed by atoms with Crippen LogP contribution in [0.15, 0.2) is 30.3 Å². The van der Waals surface area contributed by atoms with Gasteiger partial charge in [0.05, 0.1) is 11.5 Å². The second-order valence-corrected chi connectivity index (χ2v) is 8.14. The largest absolute Gasteiger partial charge is 0.452 e. The number of carbonyl (C=O) groups is 2. The van der Waals surface area contributed by atoms with Crippen LogP contribution < -0.4 is 0 Å². The second-order valence-electron chi connectivity index (χ2n) is 5.91. The minimum absolute atomic E-state index is 0.0312. The van der Waals surface area contributed by atoms with Gasteiger partial charge in [-0.3, -0.25) is 4.79 Å². The fraction of sp³-hybridized carbons (Fsp3) is 0.412. The monoisotopic (exact) mass is 351 g/mol. The Bertz CT molecular complexity index is 737. The van der Waals surface area contributed by atoms with Crippen LogP contribution in [0.2, 0.25) is 0 Å². The van der Waals surface area contributed by atoms with E-state index in [-0.39, 0.29) is 17.5 Å². The van der Waals surface area contributed by atoms with Crippen LogP contribution in [0, 0.1) is 6.92 Å². The predicted octanol–water partition coefficient (Wildman–Crippen LogP) is 1.20. The van der Waals surface area contributed by atoms with Gasteiger partial charge in [0.15, 0.2) is 16.4 Å². The molecule has 1 heterocycles. The topological polar surface area (TPSA) is 80.8 Å². The van der Waals surface area contributed by atoms with E-state index >= 15 is 0 Å². The average molecular weight is 351 g/mol. The molecule has 0 saturated carbocycles. The summed E-state index contributed by atoms with van der Waals surface area (Å²) in [6.07, 6.45) is 3.29. The zero-order valence-electron chi connectivity index (χ0n) is 13.8. The van der Waals surface area contributed by atoms with Crippen molar-refractivity contribution in [2.45, 2.75) is 19.4 Å². The van der Waals surface area contributed by atoms with E-state index in [1.807, 2.05) is 31.2 Å². The molecule has 1 atom stereocenters. The first-order valence-electron chi connectivity index (χ1n) is 7.64. The standard InChI is InChI=1S/C17H21NO5S/c1-13-3-5-14(6-4-13)7-8-17(20)23-11-16(19)18(2)15-9-10-24(21,22)12-15/h3-8,15H,9-12H2,1-2H3/b8-7+/t15-/m0/s1. The number of likely N-dealkylation sites (N-methyl/N-ethyl adjacent to an activating group) is 1. The van der Waals surface area contributed by atoms with Crippen LogP contribution in [-0.2, 0) is 24.2 Å². The minimum Gasteiger partial charge on any atom is -0.452 e. The first kappa shape index (κ1) is 18.2. The molecule has 0 aromatic heterocycles. The van der Waals surface area contributed by atoms with Crippen molar-refractivity contribution in [1.29, 1.82) is 0 Å². The van der Waals surface area contributed by atoms with Crippen LogP contribution in [0.4, 0.5) is 0 Å². The average Bonchev–Trinajstić information content (AvgIpc) is 2.91. The minimum atomic E-state index is -3.06. The Morgan fingerprint density at radius 3 is 2.54 bits per heavy atom. The van der Waals surface area contributed by atoms with Crippen LogP contribution in [0.1, 0.15) is 17.5 Å². The highest BCUT2D eigenvalue weighted by atomic mass is 32.2. The Balaban J connectivity index is 1.80. The third-order valence-electron chi connectivity index (χ3n) is 3.98. The first-order chi connectivity index (χ1) is 11.3. The Morgan fingerprint density at radius 1 is 1.29 bits per heavy atom. The Morgan fingerprint density at radius 2 is 1.96 bits per heavy atom. The van der Waals surface area contributed by atoms with Crippen LogP contribution >= 0.6 is 0 Å². The number of hydrogen-bond acceptors (Lipinski definition) is 5. The van der Waals surface area contributed by atoms with Gasteiger partial charge in [-0.05, 0) is 25.0 Å². The third-order valence-corrected chi connectivity index (χ3v) is 5.73. The van der Waals surface area contributed by atoms with Crippen LogP contribution in [-0.4, -0.2) is 56.4 Å². The maximum Gasteiger partial charge on any atom is 0.331 e. The molecule has 0 aliphatic carbocycles. The number of esters is 1. The summed E-state index contributed by atoms with van der Waals surface area (Å²) in [6, 6.07) is 7.26. The normalized spacial score (nSPS) is 19.3. The zero-order chi connectivity index (χ0) is 17.7. The molecule has 130 valence electrons. The van der Waals surface area contributed by atoms with Gasteiger partial charge in [-0.1, -0.05) is 29.8 Å². The number of aryl methyl sites for hydroxylation is 1. The molecular formula is C17H21NO5S. The van der Waals surface area contributed by atoms with Crippen LogP contribution in [0.25, 0.3) is 6.08 Å². The number of nitrogens with zero attached hydrogens (tertiary/aromatic N) is 1. The number of ether oxygens (including phenoxy) is 1. The van der Waals surface area contributed by atoms with E-state index in [1.54, 1.807) is 6.08 Å². The Kier molecular flexibility index (Phi) is 5.77. The molecule has 0 radical (unpaired) electrons. The van der Waals surface area contributed by atoms with E-state index < -0.39 is 28.3 Å². The Hall–Kier alpha value is -2.15. The summed E-state index contributed by atoms with van der Waals surface area (Å²) in [4.78, 5) is 25.0. The number of amides is 1. The van der Waals surface area contributed by atoms with Gasteiger partial charge in [0.25, 0.3) is 5.91 Å². The zero-order valence-corrected chi connectivity index (χ0v) is 14.6. The SMILES string of the molecule is Cc1ccc(/C=C/C(=O)OCC(=O)N(C)[C@H]2CCS(=O)(=O)C2)cc1. The van der Waals surface area contributed by atoms with Crippen molar-refractivity contribution < 1.29 is 22.7 Å². The van der Waals surface area contributed by atoms with E-state index in [0.29, 0.717) is 6.42 Å². The number of sulfone groups is 1. The molecule has 1 aromatic rings. The lowest BCUT2D eigenvalue weighted by molar-refractivity contribution is -0.148. The van der Waals surface area contributed by atoms with Gasteiger partial charge in [-0.2, -0.15) is 0 Å². The van der Waals surface area contributed by atoms with Gasteiger partial charge < -0.3 is 9.64 Å². The molecular weight excluding hydrogens is 330 g/mol. The van der Waals surface area contributed by atoms with Crippen molar-refractivity contribution in [3.05, 3.63) is 41.5 Å². The molecule has 1 aliphatic rings. The number of rotatable bonds is 5. The van der Waals surface area contributed by atoms with E-state index in [9.17, 15) is 18.0 Å². The molecule has 0 unspecified atom stereocenters. The van der Waals surface area contributed by atoms with Gasteiger partial charge in [0.1, 0.15) is 0 Å². The van der Waals surface area contributed by atoms with E-state index in [4.69, 9.17) is 4.74 Å². The summed E-state index contributed by atoms with van der Waals surface area (Å²) in [6.45, 7) is 1.57. The van der Waals surface area contributed by atoms with Gasteiger partial charge in [-0.15, -0.1) is 0 Å². The molecule has 1 aromatic carbocycles. The van der Waals surface area contributed by atoms with Crippen molar-refractivity contribution in [1.82, 2.24) is 4.90 Å². The molecule has 24 heavy (non-hydrogen) atoms. The molecule has 0 N–H and O–H groups in total. The third kappa shape index (κ3) is 5.19. The van der Waals surface area contributed by atoms with Crippen LogP contribution in [0.3, 0.4) is 0 Å². The lowest BCUT2D eigenvalue weighted by Gasteiger charge is -2.22. The highest BCUT2D eigenvalue weighted by Crippen LogP contribution is 2.16. The lowest BCUT2D eigenvalue weighted by Crippen LogP contribution is -2.40. The first-order valence-corrected chi connectivity index (χ1v) is 9.46. The molecule has 0 spiro atoms. The predicted molar refractivity (Wildman–Crippen MR) is 91.0 cm³/mol. The fourth-order valence-electron chi connectivity index (χ4n) is 2.41. The van der Waals surface area contributed by atoms with E-state index in [1.165, 1.54) is 18.0 Å². The Labute approximate surface area is 142 Å². The maximum absolute atomic E-state index is 12.0. The van der Waals surface area contributed by atoms with Gasteiger partial charge >= 0.3 is 5.97 Å². The molecule has 1 saturated heterocycles. The fourth-order valence-corrected chi connectivity index (χ4v) is 4.18. The quantitative estimate of drug-likeness (QED) is 0.588. The van der Waals surface area contributed by atoms with Crippen molar-refractivity contribution in [3.8, 4) is 0 Å². The molecule has 2 rings (SSSR count). The summed E-state index contributed by atoms with van der Waals surface area (Å²) in [5, 5.41) is 0. The summed E-state index contributed by atoms with van der Waals surface area (Å²) in [5.74, 6) is -0.962. The van der Waals surface area contributed by atoms with E-state index in [0.717, 1.165) is 11.1 Å². The van der Waals surface area contributed by atoms with Crippen molar-refractivity contribution in [2.24, 2.45) is 0 Å². The van der Waals surface area contributed by atoms with Gasteiger partial charge in [-0.25, -0.2) is 13.2 Å².